The second-order valence-corrected chi connectivity index (χ2v) is 8.05. The predicted octanol–water partition coefficient (Wildman–Crippen LogP) is 4.38. The highest BCUT2D eigenvalue weighted by molar-refractivity contribution is 5.93. The van der Waals surface area contributed by atoms with Gasteiger partial charge in [-0.25, -0.2) is 14.8 Å². The summed E-state index contributed by atoms with van der Waals surface area (Å²) in [5.74, 6) is 1.40. The Hall–Kier alpha value is -3.93. The van der Waals surface area contributed by atoms with E-state index in [9.17, 15) is 0 Å². The first-order valence-corrected chi connectivity index (χ1v) is 10.7. The van der Waals surface area contributed by atoms with E-state index < -0.39 is 0 Å². The second-order valence-electron chi connectivity index (χ2n) is 8.05. The first-order chi connectivity index (χ1) is 15.6. The maximum absolute atomic E-state index is 7.04. The summed E-state index contributed by atoms with van der Waals surface area (Å²) in [6.45, 7) is 7.04. The van der Waals surface area contributed by atoms with Gasteiger partial charge in [-0.15, -0.1) is 0 Å². The fourth-order valence-corrected chi connectivity index (χ4v) is 4.29. The molecule has 0 unspecified atom stereocenters. The van der Waals surface area contributed by atoms with Crippen molar-refractivity contribution in [2.45, 2.75) is 37.8 Å². The Morgan fingerprint density at radius 2 is 1.97 bits per heavy atom. The lowest BCUT2D eigenvalue weighted by Crippen LogP contribution is -2.26. The topological polar surface area (TPSA) is 87.0 Å². The van der Waals surface area contributed by atoms with Crippen LogP contribution in [0.25, 0.3) is 27.0 Å². The molecule has 4 heterocycles. The van der Waals surface area contributed by atoms with Crippen LogP contribution in [0.15, 0.2) is 43.0 Å². The smallest absolute Gasteiger partial charge is 0.210 e. The van der Waals surface area contributed by atoms with E-state index in [0.29, 0.717) is 11.6 Å². The Bertz CT molecular complexity index is 1280. The molecule has 4 aromatic heterocycles. The van der Waals surface area contributed by atoms with E-state index in [0.717, 1.165) is 53.7 Å². The van der Waals surface area contributed by atoms with E-state index in [1.54, 1.807) is 23.0 Å². The van der Waals surface area contributed by atoms with Crippen LogP contribution in [0.5, 0.6) is 5.88 Å². The highest BCUT2D eigenvalue weighted by Crippen LogP contribution is 2.36. The number of rotatable bonds is 5. The molecule has 5 rings (SSSR count). The molecule has 0 amide bonds. The summed E-state index contributed by atoms with van der Waals surface area (Å²) in [5, 5.41) is 13.5. The molecule has 0 saturated heterocycles. The lowest BCUT2D eigenvalue weighted by atomic mass is 9.93. The Balaban J connectivity index is 1.38. The molecule has 162 valence electrons. The molecule has 0 bridgehead atoms. The second kappa shape index (κ2) is 8.30. The quantitative estimate of drug-likeness (QED) is 0.475. The molecule has 9 nitrogen and oxygen atoms in total. The molecular weight excluding hydrogens is 404 g/mol. The SMILES string of the molecule is [C-]#[N+]c1ccc(OC2CCC(n3nc(-c4cnn(C)c4)c4cnc(NC)cc43)CC2)nc1. The van der Waals surface area contributed by atoms with Crippen LogP contribution >= 0.6 is 0 Å². The Kier molecular flexibility index (Phi) is 5.19. The number of anilines is 1. The number of nitrogens with zero attached hydrogens (tertiary/aromatic N) is 7. The Morgan fingerprint density at radius 1 is 1.12 bits per heavy atom. The van der Waals surface area contributed by atoms with Crippen molar-refractivity contribution in [2.75, 3.05) is 12.4 Å². The fourth-order valence-electron chi connectivity index (χ4n) is 4.29. The Morgan fingerprint density at radius 3 is 2.62 bits per heavy atom. The third-order valence-corrected chi connectivity index (χ3v) is 5.95. The molecule has 0 aliphatic heterocycles. The van der Waals surface area contributed by atoms with Crippen molar-refractivity contribution in [3.8, 4) is 17.1 Å². The van der Waals surface area contributed by atoms with Gasteiger partial charge in [0.1, 0.15) is 17.6 Å². The summed E-state index contributed by atoms with van der Waals surface area (Å²) in [4.78, 5) is 12.1. The molecule has 0 aromatic carbocycles. The number of nitrogens with one attached hydrogen (secondary N) is 1. The largest absolute Gasteiger partial charge is 0.474 e. The molecule has 1 aliphatic carbocycles. The van der Waals surface area contributed by atoms with E-state index in [2.05, 4.69) is 36.0 Å². The number of aryl methyl sites for hydroxylation is 1. The summed E-state index contributed by atoms with van der Waals surface area (Å²) in [6.07, 6.45) is 11.2. The lowest BCUT2D eigenvalue weighted by Gasteiger charge is -2.29. The summed E-state index contributed by atoms with van der Waals surface area (Å²) < 4.78 is 10.0. The van der Waals surface area contributed by atoms with E-state index in [4.69, 9.17) is 16.4 Å². The van der Waals surface area contributed by atoms with Crippen molar-refractivity contribution in [1.82, 2.24) is 29.5 Å². The zero-order valence-corrected chi connectivity index (χ0v) is 18.1. The van der Waals surface area contributed by atoms with Crippen LogP contribution in [0.3, 0.4) is 0 Å². The number of aromatic nitrogens is 6. The van der Waals surface area contributed by atoms with Crippen LogP contribution in [0.2, 0.25) is 0 Å². The normalized spacial score (nSPS) is 18.4. The maximum atomic E-state index is 7.04. The van der Waals surface area contributed by atoms with Crippen LogP contribution < -0.4 is 10.1 Å². The van der Waals surface area contributed by atoms with Crippen LogP contribution in [0.4, 0.5) is 11.5 Å². The number of pyridine rings is 2. The van der Waals surface area contributed by atoms with Gasteiger partial charge in [0.25, 0.3) is 0 Å². The molecule has 32 heavy (non-hydrogen) atoms. The third kappa shape index (κ3) is 3.75. The number of ether oxygens (including phenoxy) is 1. The number of hydrogen-bond donors (Lipinski definition) is 1. The molecule has 1 fully saturated rings. The minimum Gasteiger partial charge on any atom is -0.474 e. The minimum atomic E-state index is 0.117. The standard InChI is InChI=1S/C23H24N8O/c1-24-16-4-9-22(27-12-16)32-18-7-5-17(6-8-18)31-20-10-21(25-2)26-13-19(20)23(29-31)15-11-28-30(3)14-15/h4,9-14,17-18H,5-8H2,2-3H3,(H,25,26). The van der Waals surface area contributed by atoms with E-state index in [1.165, 1.54) is 0 Å². The summed E-state index contributed by atoms with van der Waals surface area (Å²) in [5.41, 5.74) is 3.49. The van der Waals surface area contributed by atoms with Gasteiger partial charge in [0.15, 0.2) is 0 Å². The van der Waals surface area contributed by atoms with Crippen molar-refractivity contribution >= 4 is 22.4 Å². The fraction of sp³-hybridized carbons (Fsp3) is 0.348. The highest BCUT2D eigenvalue weighted by atomic mass is 16.5. The van der Waals surface area contributed by atoms with Crippen LogP contribution in [0.1, 0.15) is 31.7 Å². The average molecular weight is 429 g/mol. The van der Waals surface area contributed by atoms with Crippen LogP contribution in [-0.2, 0) is 7.05 Å². The maximum Gasteiger partial charge on any atom is 0.210 e. The van der Waals surface area contributed by atoms with Crippen LogP contribution in [0, 0.1) is 6.57 Å². The minimum absolute atomic E-state index is 0.117. The van der Waals surface area contributed by atoms with Gasteiger partial charge in [0, 0.05) is 49.7 Å². The first-order valence-electron chi connectivity index (χ1n) is 10.7. The van der Waals surface area contributed by atoms with Crippen molar-refractivity contribution in [3.05, 3.63) is 54.4 Å². The van der Waals surface area contributed by atoms with Gasteiger partial charge in [0.2, 0.25) is 11.6 Å². The predicted molar refractivity (Wildman–Crippen MR) is 122 cm³/mol. The van der Waals surface area contributed by atoms with E-state index in [1.807, 2.05) is 32.7 Å². The summed E-state index contributed by atoms with van der Waals surface area (Å²) in [6, 6.07) is 5.86. The molecule has 0 atom stereocenters. The monoisotopic (exact) mass is 428 g/mol. The molecule has 1 N–H and O–H groups in total. The zero-order chi connectivity index (χ0) is 22.1. The third-order valence-electron chi connectivity index (χ3n) is 5.95. The molecule has 4 aromatic rings. The van der Waals surface area contributed by atoms with Gasteiger partial charge < -0.3 is 10.1 Å². The van der Waals surface area contributed by atoms with Crippen molar-refractivity contribution in [1.29, 1.82) is 0 Å². The number of fused-ring (bicyclic) bond motifs is 1. The molecule has 9 heteroatoms. The first kappa shape index (κ1) is 20.0. The molecule has 1 aliphatic rings. The van der Waals surface area contributed by atoms with E-state index >= 15 is 0 Å². The van der Waals surface area contributed by atoms with Gasteiger partial charge in [-0.2, -0.15) is 10.2 Å². The Labute approximate surface area is 185 Å². The van der Waals surface area contributed by atoms with Gasteiger partial charge in [0.05, 0.1) is 24.3 Å². The van der Waals surface area contributed by atoms with Crippen molar-refractivity contribution < 1.29 is 4.74 Å². The average Bonchev–Trinajstić information content (AvgIpc) is 3.43. The van der Waals surface area contributed by atoms with Gasteiger partial charge >= 0.3 is 0 Å². The van der Waals surface area contributed by atoms with Crippen molar-refractivity contribution in [3.63, 3.8) is 0 Å². The molecule has 0 radical (unpaired) electrons. The summed E-state index contributed by atoms with van der Waals surface area (Å²) in [7, 11) is 3.78. The van der Waals surface area contributed by atoms with Gasteiger partial charge in [-0.05, 0) is 37.8 Å². The number of hydrogen-bond acceptors (Lipinski definition) is 6. The lowest BCUT2D eigenvalue weighted by molar-refractivity contribution is 0.126. The molecule has 0 spiro atoms. The summed E-state index contributed by atoms with van der Waals surface area (Å²) >= 11 is 0. The van der Waals surface area contributed by atoms with Gasteiger partial charge in [-0.1, -0.05) is 0 Å². The molecule has 1 saturated carbocycles. The highest BCUT2D eigenvalue weighted by Gasteiger charge is 2.27. The zero-order valence-electron chi connectivity index (χ0n) is 18.1. The van der Waals surface area contributed by atoms with Gasteiger partial charge in [-0.3, -0.25) is 9.36 Å². The van der Waals surface area contributed by atoms with E-state index in [-0.39, 0.29) is 12.1 Å². The van der Waals surface area contributed by atoms with Crippen molar-refractivity contribution in [2.24, 2.45) is 7.05 Å². The molecular formula is C23H24N8O. The van der Waals surface area contributed by atoms with Crippen LogP contribution in [-0.4, -0.2) is 42.7 Å².